The molecule has 0 radical (unpaired) electrons. The fraction of sp³-hybridized carbons (Fsp3) is 0.333. The zero-order chi connectivity index (χ0) is 26.4. The number of amides is 3. The molecule has 4 aromatic rings. The number of aryl methyl sites for hydroxylation is 1. The number of urea groups is 1. The Balaban J connectivity index is 1.54. The van der Waals surface area contributed by atoms with Crippen molar-refractivity contribution in [3.05, 3.63) is 48.4 Å². The Morgan fingerprint density at radius 1 is 1.13 bits per heavy atom. The third kappa shape index (κ3) is 4.00. The smallest absolute Gasteiger partial charge is 0.407 e. The molecular weight excluding hydrogens is 486 g/mol. The number of H-pyrrole nitrogens is 1. The van der Waals surface area contributed by atoms with Crippen LogP contribution in [0.1, 0.15) is 24.8 Å². The zero-order valence-corrected chi connectivity index (χ0v) is 21.4. The van der Waals surface area contributed by atoms with Crippen molar-refractivity contribution < 1.29 is 19.1 Å². The number of carbonyl (C=O) groups excluding carboxylic acids is 2. The molecule has 11 nitrogen and oxygen atoms in total. The molecule has 38 heavy (non-hydrogen) atoms. The van der Waals surface area contributed by atoms with E-state index in [0.29, 0.717) is 18.6 Å². The number of anilines is 1. The molecule has 0 saturated heterocycles. The number of hydrogen-bond acceptors (Lipinski definition) is 6. The Labute approximate surface area is 219 Å². The number of nitrogens with zero attached hydrogens (tertiary/aromatic N) is 4. The third-order valence-electron chi connectivity index (χ3n) is 7.41. The number of alkyl carbamates (subject to hydrolysis) is 1. The first-order chi connectivity index (χ1) is 18.5. The molecule has 4 heterocycles. The van der Waals surface area contributed by atoms with E-state index in [-0.39, 0.29) is 18.1 Å². The maximum absolute atomic E-state index is 13.4. The van der Waals surface area contributed by atoms with Crippen LogP contribution in [0, 0.1) is 0 Å². The summed E-state index contributed by atoms with van der Waals surface area (Å²) in [5.41, 5.74) is 6.18. The standard InChI is InChI=1S/C27H29N7O4/c1-33-14-17(13-30-33)23-21(15-4-8-20(37-2)9-5-15)22-24-16(11-28-25(22)32-23)12-29-26(35)34(24)19-7-6-18(10-19)31-27(36)38-3/h4-5,8-9,11,13-14,18-19H,6-7,10,12H2,1-3H3,(H,28,32)(H,29,35)(H,31,36)/t18-,19-/m1/s1. The fourth-order valence-electron chi connectivity index (χ4n) is 5.65. The number of ether oxygens (including phenoxy) is 2. The minimum absolute atomic E-state index is 0.0683. The number of rotatable bonds is 5. The van der Waals surface area contributed by atoms with Crippen LogP contribution >= 0.6 is 0 Å². The zero-order valence-electron chi connectivity index (χ0n) is 21.4. The number of aromatic amines is 1. The molecule has 3 amide bonds. The molecule has 1 aromatic carbocycles. The molecule has 196 valence electrons. The first kappa shape index (κ1) is 23.8. The van der Waals surface area contributed by atoms with Gasteiger partial charge in [0.05, 0.1) is 37.2 Å². The highest BCUT2D eigenvalue weighted by atomic mass is 16.5. The van der Waals surface area contributed by atoms with E-state index < -0.39 is 6.09 Å². The number of fused-ring (bicyclic) bond motifs is 3. The highest BCUT2D eigenvalue weighted by Gasteiger charge is 2.38. The topological polar surface area (TPSA) is 126 Å². The molecule has 3 aromatic heterocycles. The fourth-order valence-corrected chi connectivity index (χ4v) is 5.65. The van der Waals surface area contributed by atoms with Crippen molar-refractivity contribution in [3.63, 3.8) is 0 Å². The Hall–Kier alpha value is -4.54. The van der Waals surface area contributed by atoms with Gasteiger partial charge in [-0.3, -0.25) is 9.58 Å². The molecule has 0 bridgehead atoms. The third-order valence-corrected chi connectivity index (χ3v) is 7.41. The van der Waals surface area contributed by atoms with E-state index in [1.807, 2.05) is 54.8 Å². The molecule has 11 heteroatoms. The van der Waals surface area contributed by atoms with E-state index in [4.69, 9.17) is 14.5 Å². The molecule has 2 aliphatic rings. The van der Waals surface area contributed by atoms with Gasteiger partial charge in [-0.25, -0.2) is 14.6 Å². The monoisotopic (exact) mass is 515 g/mol. The average molecular weight is 516 g/mol. The predicted octanol–water partition coefficient (Wildman–Crippen LogP) is 3.95. The number of hydrogen-bond donors (Lipinski definition) is 3. The van der Waals surface area contributed by atoms with Crippen LogP contribution in [0.15, 0.2) is 42.9 Å². The number of pyridine rings is 1. The van der Waals surface area contributed by atoms with E-state index in [0.717, 1.165) is 57.6 Å². The minimum Gasteiger partial charge on any atom is -0.497 e. The molecule has 1 fully saturated rings. The predicted molar refractivity (Wildman–Crippen MR) is 142 cm³/mol. The SMILES string of the molecule is COC(=O)N[C@@H]1CC[C@@H](N2C(=O)NCc3cnc4[nH]c(-c5cnn(C)c5)c(-c5ccc(OC)cc5)c4c32)C1. The van der Waals surface area contributed by atoms with Crippen LogP contribution in [-0.4, -0.2) is 58.2 Å². The van der Waals surface area contributed by atoms with E-state index >= 15 is 0 Å². The second-order valence-corrected chi connectivity index (χ2v) is 9.69. The minimum atomic E-state index is -0.459. The Bertz CT molecular complexity index is 1520. The van der Waals surface area contributed by atoms with Crippen molar-refractivity contribution in [1.29, 1.82) is 0 Å². The number of aromatic nitrogens is 4. The summed E-state index contributed by atoms with van der Waals surface area (Å²) < 4.78 is 11.9. The van der Waals surface area contributed by atoms with Gasteiger partial charge in [-0.05, 0) is 37.0 Å². The second-order valence-electron chi connectivity index (χ2n) is 9.69. The van der Waals surface area contributed by atoms with Gasteiger partial charge in [0, 0.05) is 54.8 Å². The van der Waals surface area contributed by atoms with Gasteiger partial charge in [0.2, 0.25) is 0 Å². The summed E-state index contributed by atoms with van der Waals surface area (Å²) in [7, 11) is 4.87. The molecule has 3 N–H and O–H groups in total. The van der Waals surface area contributed by atoms with Gasteiger partial charge in [0.25, 0.3) is 0 Å². The lowest BCUT2D eigenvalue weighted by atomic mass is 9.96. The lowest BCUT2D eigenvalue weighted by molar-refractivity contribution is 0.166. The molecule has 1 aliphatic heterocycles. The van der Waals surface area contributed by atoms with Gasteiger partial charge in [-0.15, -0.1) is 0 Å². The van der Waals surface area contributed by atoms with E-state index in [1.54, 1.807) is 11.8 Å². The largest absolute Gasteiger partial charge is 0.497 e. The molecule has 0 spiro atoms. The summed E-state index contributed by atoms with van der Waals surface area (Å²) in [5, 5.41) is 11.2. The number of nitrogens with one attached hydrogen (secondary N) is 3. The van der Waals surface area contributed by atoms with Gasteiger partial charge in [0.1, 0.15) is 11.4 Å². The number of methoxy groups -OCH3 is 2. The molecular formula is C27H29N7O4. The highest BCUT2D eigenvalue weighted by Crippen LogP contribution is 2.46. The Morgan fingerprint density at radius 2 is 1.95 bits per heavy atom. The van der Waals surface area contributed by atoms with Crippen LogP contribution in [0.2, 0.25) is 0 Å². The van der Waals surface area contributed by atoms with Crippen molar-refractivity contribution in [1.82, 2.24) is 30.4 Å². The van der Waals surface area contributed by atoms with Crippen LogP contribution in [0.4, 0.5) is 15.3 Å². The summed E-state index contributed by atoms with van der Waals surface area (Å²) in [4.78, 5) is 35.4. The van der Waals surface area contributed by atoms with E-state index in [9.17, 15) is 9.59 Å². The van der Waals surface area contributed by atoms with Crippen molar-refractivity contribution in [2.24, 2.45) is 7.05 Å². The highest BCUT2D eigenvalue weighted by molar-refractivity contribution is 6.14. The van der Waals surface area contributed by atoms with Gasteiger partial charge < -0.3 is 25.1 Å². The molecule has 2 atom stereocenters. The van der Waals surface area contributed by atoms with Crippen molar-refractivity contribution in [2.45, 2.75) is 37.9 Å². The molecule has 1 aliphatic carbocycles. The van der Waals surface area contributed by atoms with Gasteiger partial charge in [-0.1, -0.05) is 12.1 Å². The van der Waals surface area contributed by atoms with Gasteiger partial charge in [0.15, 0.2) is 0 Å². The van der Waals surface area contributed by atoms with Crippen LogP contribution in [-0.2, 0) is 18.3 Å². The summed E-state index contributed by atoms with van der Waals surface area (Å²) in [6, 6.07) is 7.56. The van der Waals surface area contributed by atoms with Gasteiger partial charge in [-0.2, -0.15) is 5.10 Å². The molecule has 0 unspecified atom stereocenters. The van der Waals surface area contributed by atoms with Crippen LogP contribution in [0.25, 0.3) is 33.4 Å². The average Bonchev–Trinajstić information content (AvgIpc) is 3.67. The lowest BCUT2D eigenvalue weighted by Gasteiger charge is -2.35. The van der Waals surface area contributed by atoms with Gasteiger partial charge >= 0.3 is 12.1 Å². The van der Waals surface area contributed by atoms with Crippen LogP contribution < -0.4 is 20.3 Å². The van der Waals surface area contributed by atoms with Crippen molar-refractivity contribution in [3.8, 4) is 28.1 Å². The van der Waals surface area contributed by atoms with Crippen LogP contribution in [0.5, 0.6) is 5.75 Å². The van der Waals surface area contributed by atoms with E-state index in [1.165, 1.54) is 7.11 Å². The van der Waals surface area contributed by atoms with Crippen molar-refractivity contribution in [2.75, 3.05) is 19.1 Å². The quantitative estimate of drug-likeness (QED) is 0.370. The summed E-state index contributed by atoms with van der Waals surface area (Å²) in [6.45, 7) is 0.389. The second kappa shape index (κ2) is 9.40. The number of carbonyl (C=O) groups is 2. The van der Waals surface area contributed by atoms with Crippen molar-refractivity contribution >= 4 is 28.8 Å². The summed E-state index contributed by atoms with van der Waals surface area (Å²) >= 11 is 0. The molecule has 6 rings (SSSR count). The maximum Gasteiger partial charge on any atom is 0.407 e. The normalized spacial score (nSPS) is 18.8. The number of benzene rings is 1. The first-order valence-electron chi connectivity index (χ1n) is 12.5. The Kier molecular flexibility index (Phi) is 5.90. The van der Waals surface area contributed by atoms with Crippen LogP contribution in [0.3, 0.4) is 0 Å². The summed E-state index contributed by atoms with van der Waals surface area (Å²) in [6.07, 6.45) is 7.27. The first-order valence-corrected chi connectivity index (χ1v) is 12.5. The lowest BCUT2D eigenvalue weighted by Crippen LogP contribution is -2.49. The maximum atomic E-state index is 13.4. The molecule has 1 saturated carbocycles. The van der Waals surface area contributed by atoms with E-state index in [2.05, 4.69) is 20.7 Å². The summed E-state index contributed by atoms with van der Waals surface area (Å²) in [5.74, 6) is 0.757. The Morgan fingerprint density at radius 3 is 2.66 bits per heavy atom.